The fourth-order valence-electron chi connectivity index (χ4n) is 6.11. The van der Waals surface area contributed by atoms with Crippen molar-refractivity contribution in [1.29, 1.82) is 0 Å². The van der Waals surface area contributed by atoms with Gasteiger partial charge in [0.2, 0.25) is 0 Å². The molecule has 2 unspecified atom stereocenters. The molecule has 0 bridgehead atoms. The quantitative estimate of drug-likeness (QED) is 0.490. The fourth-order valence-corrected chi connectivity index (χ4v) is 6.11. The van der Waals surface area contributed by atoms with Gasteiger partial charge in [0.1, 0.15) is 11.5 Å². The van der Waals surface area contributed by atoms with Crippen LogP contribution in [0.3, 0.4) is 0 Å². The number of nitrogens with zero attached hydrogens (tertiary/aromatic N) is 5. The van der Waals surface area contributed by atoms with Crippen LogP contribution in [0.1, 0.15) is 55.7 Å². The van der Waals surface area contributed by atoms with Gasteiger partial charge in [-0.1, -0.05) is 6.42 Å². The van der Waals surface area contributed by atoms with Gasteiger partial charge in [-0.3, -0.25) is 4.98 Å². The largest absolute Gasteiger partial charge is 0.351 e. The molecule has 168 valence electrons. The third-order valence-corrected chi connectivity index (χ3v) is 7.97. The number of rotatable bonds is 3. The third kappa shape index (κ3) is 3.05. The SMILES string of the molecule is Cc1cc2c(-c3nc(N4CCC5NCCCC54)c4c(C5CCC5)cncc4n3)ccnc2[nH]1. The predicted molar refractivity (Wildman–Crippen MR) is 131 cm³/mol. The van der Waals surface area contributed by atoms with Crippen molar-refractivity contribution < 1.29 is 0 Å². The molecular weight excluding hydrogens is 410 g/mol. The predicted octanol–water partition coefficient (Wildman–Crippen LogP) is 4.47. The summed E-state index contributed by atoms with van der Waals surface area (Å²) in [6.07, 6.45) is 13.2. The van der Waals surface area contributed by atoms with E-state index in [0.717, 1.165) is 52.5 Å². The van der Waals surface area contributed by atoms with Gasteiger partial charge in [-0.25, -0.2) is 15.0 Å². The molecule has 2 N–H and O–H groups in total. The summed E-state index contributed by atoms with van der Waals surface area (Å²) in [4.78, 5) is 25.5. The minimum atomic E-state index is 0.499. The Labute approximate surface area is 193 Å². The van der Waals surface area contributed by atoms with E-state index in [-0.39, 0.29) is 0 Å². The lowest BCUT2D eigenvalue weighted by molar-refractivity contribution is 0.382. The number of aryl methyl sites for hydroxylation is 1. The number of anilines is 1. The Morgan fingerprint density at radius 2 is 2.00 bits per heavy atom. The standard InChI is InChI=1S/C26H29N7/c1-15-12-18-17(7-10-29-24(18)30-15)25-31-21-14-27-13-19(16-4-2-5-16)23(21)26(32-25)33-11-8-20-22(33)6-3-9-28-20/h7,10,12-14,16,20,22,28H,2-6,8-9,11H2,1H3,(H,29,30). The van der Waals surface area contributed by atoms with Crippen molar-refractivity contribution in [2.75, 3.05) is 18.0 Å². The van der Waals surface area contributed by atoms with Crippen LogP contribution in [-0.4, -0.2) is 50.1 Å². The lowest BCUT2D eigenvalue weighted by Crippen LogP contribution is -2.47. The second-order valence-corrected chi connectivity index (χ2v) is 9.95. The summed E-state index contributed by atoms with van der Waals surface area (Å²) in [5.74, 6) is 2.45. The van der Waals surface area contributed by atoms with Crippen LogP contribution in [0, 0.1) is 6.92 Å². The van der Waals surface area contributed by atoms with E-state index >= 15 is 0 Å². The molecule has 4 aromatic heterocycles. The molecule has 0 aromatic carbocycles. The second kappa shape index (κ2) is 7.48. The molecule has 1 aliphatic carbocycles. The Balaban J connectivity index is 1.47. The number of pyridine rings is 2. The Kier molecular flexibility index (Phi) is 4.40. The van der Waals surface area contributed by atoms with E-state index in [1.54, 1.807) is 0 Å². The van der Waals surface area contributed by atoms with Crippen molar-refractivity contribution in [3.63, 3.8) is 0 Å². The molecule has 6 heterocycles. The molecule has 7 rings (SSSR count). The van der Waals surface area contributed by atoms with Gasteiger partial charge in [0.05, 0.1) is 11.7 Å². The molecule has 1 saturated carbocycles. The third-order valence-electron chi connectivity index (χ3n) is 7.97. The highest BCUT2D eigenvalue weighted by molar-refractivity contribution is 5.97. The summed E-state index contributed by atoms with van der Waals surface area (Å²) in [5.41, 5.74) is 5.30. The summed E-state index contributed by atoms with van der Waals surface area (Å²) >= 11 is 0. The number of aromatic nitrogens is 5. The number of H-pyrrole nitrogens is 1. The van der Waals surface area contributed by atoms with Gasteiger partial charge in [0.25, 0.3) is 0 Å². The smallest absolute Gasteiger partial charge is 0.163 e. The maximum absolute atomic E-state index is 5.32. The number of nitrogens with one attached hydrogen (secondary N) is 2. The molecule has 2 aliphatic heterocycles. The first-order valence-electron chi connectivity index (χ1n) is 12.4. The molecule has 2 atom stereocenters. The maximum Gasteiger partial charge on any atom is 0.163 e. The van der Waals surface area contributed by atoms with Gasteiger partial charge >= 0.3 is 0 Å². The van der Waals surface area contributed by atoms with Crippen LogP contribution >= 0.6 is 0 Å². The minimum absolute atomic E-state index is 0.499. The van der Waals surface area contributed by atoms with Gasteiger partial charge < -0.3 is 15.2 Å². The first-order valence-corrected chi connectivity index (χ1v) is 12.4. The van der Waals surface area contributed by atoms with Gasteiger partial charge in [-0.15, -0.1) is 0 Å². The lowest BCUT2D eigenvalue weighted by Gasteiger charge is -2.34. The van der Waals surface area contributed by atoms with Crippen LogP contribution in [0.25, 0.3) is 33.3 Å². The maximum atomic E-state index is 5.32. The van der Waals surface area contributed by atoms with Crippen LogP contribution in [-0.2, 0) is 0 Å². The number of hydrogen-bond donors (Lipinski definition) is 2. The molecule has 4 aromatic rings. The summed E-state index contributed by atoms with van der Waals surface area (Å²) in [6, 6.07) is 5.24. The van der Waals surface area contributed by atoms with Crippen LogP contribution < -0.4 is 10.2 Å². The van der Waals surface area contributed by atoms with E-state index in [9.17, 15) is 0 Å². The van der Waals surface area contributed by atoms with E-state index in [0.29, 0.717) is 18.0 Å². The Bertz CT molecular complexity index is 1360. The summed E-state index contributed by atoms with van der Waals surface area (Å²) in [5, 5.41) is 6.05. The van der Waals surface area contributed by atoms with E-state index in [2.05, 4.69) is 44.4 Å². The number of aromatic amines is 1. The number of hydrogen-bond acceptors (Lipinski definition) is 6. The molecule has 0 spiro atoms. The minimum Gasteiger partial charge on any atom is -0.351 e. The van der Waals surface area contributed by atoms with E-state index in [4.69, 9.17) is 9.97 Å². The summed E-state index contributed by atoms with van der Waals surface area (Å²) in [7, 11) is 0. The molecule has 3 fully saturated rings. The van der Waals surface area contributed by atoms with Crippen molar-refractivity contribution in [2.45, 2.75) is 63.5 Å². The average molecular weight is 440 g/mol. The average Bonchev–Trinajstić information content (AvgIpc) is 3.40. The summed E-state index contributed by atoms with van der Waals surface area (Å²) < 4.78 is 0. The number of fused-ring (bicyclic) bond motifs is 3. The highest BCUT2D eigenvalue weighted by Gasteiger charge is 2.38. The van der Waals surface area contributed by atoms with E-state index in [1.807, 2.05) is 18.5 Å². The summed E-state index contributed by atoms with van der Waals surface area (Å²) in [6.45, 7) is 4.23. The highest BCUT2D eigenvalue weighted by Crippen LogP contribution is 2.43. The van der Waals surface area contributed by atoms with Crippen LogP contribution in [0.5, 0.6) is 0 Å². The molecule has 7 heteroatoms. The molecule has 7 nitrogen and oxygen atoms in total. The molecule has 33 heavy (non-hydrogen) atoms. The van der Waals surface area contributed by atoms with E-state index in [1.165, 1.54) is 49.5 Å². The molecule has 3 aliphatic rings. The van der Waals surface area contributed by atoms with Crippen molar-refractivity contribution in [1.82, 2.24) is 30.2 Å². The van der Waals surface area contributed by atoms with Crippen molar-refractivity contribution in [2.24, 2.45) is 0 Å². The number of piperidine rings is 1. The fraction of sp³-hybridized carbons (Fsp3) is 0.462. The monoisotopic (exact) mass is 439 g/mol. The zero-order chi connectivity index (χ0) is 21.9. The van der Waals surface area contributed by atoms with Gasteiger partial charge in [0, 0.05) is 53.1 Å². The normalized spacial score (nSPS) is 23.2. The van der Waals surface area contributed by atoms with Crippen molar-refractivity contribution in [3.8, 4) is 11.4 Å². The Hall–Kier alpha value is -3.06. The Morgan fingerprint density at radius 3 is 2.88 bits per heavy atom. The molecule has 2 saturated heterocycles. The van der Waals surface area contributed by atoms with Gasteiger partial charge in [-0.2, -0.15) is 0 Å². The zero-order valence-corrected chi connectivity index (χ0v) is 19.0. The first-order chi connectivity index (χ1) is 16.3. The van der Waals surface area contributed by atoms with Gasteiger partial charge in [0.15, 0.2) is 5.82 Å². The van der Waals surface area contributed by atoms with Crippen molar-refractivity contribution in [3.05, 3.63) is 42.0 Å². The second-order valence-electron chi connectivity index (χ2n) is 9.95. The molecule has 0 radical (unpaired) electrons. The topological polar surface area (TPSA) is 82.6 Å². The van der Waals surface area contributed by atoms with Gasteiger partial charge in [-0.05, 0) is 69.2 Å². The highest BCUT2D eigenvalue weighted by atomic mass is 15.3. The molecular formula is C26H29N7. The van der Waals surface area contributed by atoms with E-state index < -0.39 is 0 Å². The van der Waals surface area contributed by atoms with Crippen LogP contribution in [0.2, 0.25) is 0 Å². The van der Waals surface area contributed by atoms with Crippen LogP contribution in [0.4, 0.5) is 5.82 Å². The zero-order valence-electron chi connectivity index (χ0n) is 19.0. The lowest BCUT2D eigenvalue weighted by atomic mass is 9.79. The Morgan fingerprint density at radius 1 is 1.06 bits per heavy atom. The van der Waals surface area contributed by atoms with Crippen LogP contribution in [0.15, 0.2) is 30.7 Å². The van der Waals surface area contributed by atoms with Crippen molar-refractivity contribution >= 4 is 27.8 Å². The molecule has 0 amide bonds. The first kappa shape index (κ1) is 19.4.